The van der Waals surface area contributed by atoms with E-state index in [2.05, 4.69) is 40.7 Å². The number of hydrogen-bond donors (Lipinski definition) is 0. The normalized spacial score (nSPS) is 12.9. The van der Waals surface area contributed by atoms with E-state index in [0.29, 0.717) is 18.9 Å². The first kappa shape index (κ1) is 20.9. The van der Waals surface area contributed by atoms with Gasteiger partial charge in [0, 0.05) is 6.42 Å². The van der Waals surface area contributed by atoms with E-state index in [1.165, 1.54) is 36.8 Å². The van der Waals surface area contributed by atoms with Gasteiger partial charge in [0.05, 0.1) is 0 Å². The van der Waals surface area contributed by atoms with Gasteiger partial charge in [-0.3, -0.25) is 4.79 Å². The third kappa shape index (κ3) is 12.7. The molecule has 0 aliphatic rings. The fourth-order valence-corrected chi connectivity index (χ4v) is 2.19. The molecule has 0 aliphatic heterocycles. The lowest BCUT2D eigenvalue weighted by Gasteiger charge is -2.10. The van der Waals surface area contributed by atoms with Crippen LogP contribution in [-0.4, -0.2) is 12.6 Å². The van der Waals surface area contributed by atoms with Gasteiger partial charge in [0.15, 0.2) is 0 Å². The van der Waals surface area contributed by atoms with Gasteiger partial charge in [-0.2, -0.15) is 0 Å². The zero-order valence-electron chi connectivity index (χ0n) is 15.4. The van der Waals surface area contributed by atoms with Crippen LogP contribution in [0.3, 0.4) is 0 Å². The minimum Gasteiger partial charge on any atom is -0.461 e. The molecule has 2 heteroatoms. The van der Waals surface area contributed by atoms with Crippen LogP contribution in [0.5, 0.6) is 0 Å². The van der Waals surface area contributed by atoms with Crippen LogP contribution in [0.15, 0.2) is 23.3 Å². The first-order chi connectivity index (χ1) is 10.5. The second-order valence-electron chi connectivity index (χ2n) is 6.57. The van der Waals surface area contributed by atoms with E-state index in [4.69, 9.17) is 4.74 Å². The molecule has 0 aliphatic carbocycles. The Balaban J connectivity index is 3.76. The Labute approximate surface area is 138 Å². The fourth-order valence-electron chi connectivity index (χ4n) is 2.19. The summed E-state index contributed by atoms with van der Waals surface area (Å²) in [6.07, 6.45) is 13.1. The minimum absolute atomic E-state index is 0.0588. The summed E-state index contributed by atoms with van der Waals surface area (Å²) >= 11 is 0. The molecule has 0 N–H and O–H groups in total. The van der Waals surface area contributed by atoms with E-state index in [9.17, 15) is 4.79 Å². The van der Waals surface area contributed by atoms with Crippen LogP contribution in [0, 0.1) is 5.92 Å². The van der Waals surface area contributed by atoms with Crippen molar-refractivity contribution in [2.45, 2.75) is 86.0 Å². The van der Waals surface area contributed by atoms with Gasteiger partial charge in [0.2, 0.25) is 0 Å². The SMILES string of the molecule is CCCCCCCCC(=O)OC/C=C(\C)[C@@H](C)CC=C(C)C. The van der Waals surface area contributed by atoms with Crippen molar-refractivity contribution in [3.63, 3.8) is 0 Å². The van der Waals surface area contributed by atoms with E-state index in [0.717, 1.165) is 19.3 Å². The zero-order valence-corrected chi connectivity index (χ0v) is 15.4. The van der Waals surface area contributed by atoms with Gasteiger partial charge in [0.1, 0.15) is 6.61 Å². The summed E-state index contributed by atoms with van der Waals surface area (Å²) in [4.78, 5) is 11.6. The Kier molecular flexibility index (Phi) is 13.0. The molecule has 0 unspecified atom stereocenters. The van der Waals surface area contributed by atoms with Gasteiger partial charge in [-0.1, -0.05) is 63.2 Å². The molecule has 0 amide bonds. The molecule has 0 spiro atoms. The molecule has 128 valence electrons. The summed E-state index contributed by atoms with van der Waals surface area (Å²) in [7, 11) is 0. The summed E-state index contributed by atoms with van der Waals surface area (Å²) in [6, 6.07) is 0. The Bertz CT molecular complexity index is 349. The molecule has 0 fully saturated rings. The number of unbranched alkanes of at least 4 members (excludes halogenated alkanes) is 5. The molecular formula is C20H36O2. The van der Waals surface area contributed by atoms with Crippen molar-refractivity contribution >= 4 is 5.97 Å². The number of esters is 1. The average Bonchev–Trinajstić information content (AvgIpc) is 2.48. The summed E-state index contributed by atoms with van der Waals surface area (Å²) in [5, 5.41) is 0. The first-order valence-corrected chi connectivity index (χ1v) is 8.93. The van der Waals surface area contributed by atoms with Gasteiger partial charge in [-0.15, -0.1) is 0 Å². The van der Waals surface area contributed by atoms with Crippen molar-refractivity contribution in [2.75, 3.05) is 6.61 Å². The molecule has 0 aromatic heterocycles. The molecule has 0 radical (unpaired) electrons. The molecule has 0 bridgehead atoms. The largest absolute Gasteiger partial charge is 0.461 e. The molecule has 2 nitrogen and oxygen atoms in total. The minimum atomic E-state index is -0.0588. The Hall–Kier alpha value is -1.05. The smallest absolute Gasteiger partial charge is 0.306 e. The van der Waals surface area contributed by atoms with Crippen LogP contribution >= 0.6 is 0 Å². The van der Waals surface area contributed by atoms with Crippen molar-refractivity contribution in [1.29, 1.82) is 0 Å². The topological polar surface area (TPSA) is 26.3 Å². The van der Waals surface area contributed by atoms with E-state index in [1.54, 1.807) is 0 Å². The van der Waals surface area contributed by atoms with Crippen LogP contribution in [-0.2, 0) is 9.53 Å². The molecule has 0 heterocycles. The summed E-state index contributed by atoms with van der Waals surface area (Å²) in [6.45, 7) is 11.2. The monoisotopic (exact) mass is 308 g/mol. The van der Waals surface area contributed by atoms with Gasteiger partial charge in [-0.25, -0.2) is 0 Å². The van der Waals surface area contributed by atoms with Gasteiger partial charge < -0.3 is 4.74 Å². The highest BCUT2D eigenvalue weighted by Crippen LogP contribution is 2.15. The third-order valence-corrected chi connectivity index (χ3v) is 4.04. The van der Waals surface area contributed by atoms with Gasteiger partial charge in [0.25, 0.3) is 0 Å². The maximum atomic E-state index is 11.6. The lowest BCUT2D eigenvalue weighted by molar-refractivity contribution is -0.142. The maximum absolute atomic E-state index is 11.6. The van der Waals surface area contributed by atoms with Gasteiger partial charge in [-0.05, 0) is 45.6 Å². The highest BCUT2D eigenvalue weighted by atomic mass is 16.5. The lowest BCUT2D eigenvalue weighted by Crippen LogP contribution is -2.05. The number of carbonyl (C=O) groups is 1. The molecule has 22 heavy (non-hydrogen) atoms. The predicted octanol–water partition coefficient (Wildman–Crippen LogP) is 6.22. The fraction of sp³-hybridized carbons (Fsp3) is 0.750. The van der Waals surface area contributed by atoms with Crippen molar-refractivity contribution in [3.8, 4) is 0 Å². The van der Waals surface area contributed by atoms with Crippen LogP contribution in [0.25, 0.3) is 0 Å². The van der Waals surface area contributed by atoms with E-state index in [-0.39, 0.29) is 5.97 Å². The molecule has 0 saturated carbocycles. The Morgan fingerprint density at radius 3 is 2.27 bits per heavy atom. The van der Waals surface area contributed by atoms with E-state index in [1.807, 2.05) is 6.08 Å². The van der Waals surface area contributed by atoms with Crippen molar-refractivity contribution in [2.24, 2.45) is 5.92 Å². The highest BCUT2D eigenvalue weighted by Gasteiger charge is 2.04. The number of rotatable bonds is 12. The number of carbonyl (C=O) groups excluding carboxylic acids is 1. The summed E-state index contributed by atoms with van der Waals surface area (Å²) in [5.74, 6) is 0.448. The Morgan fingerprint density at radius 1 is 1.00 bits per heavy atom. The zero-order chi connectivity index (χ0) is 16.8. The lowest BCUT2D eigenvalue weighted by atomic mass is 9.98. The summed E-state index contributed by atoms with van der Waals surface area (Å²) < 4.78 is 5.29. The Morgan fingerprint density at radius 2 is 1.64 bits per heavy atom. The molecule has 1 atom stereocenters. The molecule has 0 rings (SSSR count). The van der Waals surface area contributed by atoms with Crippen molar-refractivity contribution in [1.82, 2.24) is 0 Å². The van der Waals surface area contributed by atoms with Crippen LogP contribution in [0.1, 0.15) is 86.0 Å². The number of ether oxygens (including phenoxy) is 1. The average molecular weight is 309 g/mol. The number of allylic oxidation sites excluding steroid dienone is 3. The van der Waals surface area contributed by atoms with E-state index >= 15 is 0 Å². The highest BCUT2D eigenvalue weighted by molar-refractivity contribution is 5.69. The van der Waals surface area contributed by atoms with Crippen LogP contribution in [0.4, 0.5) is 0 Å². The molecule has 0 aromatic carbocycles. The second kappa shape index (κ2) is 13.6. The molecular weight excluding hydrogens is 272 g/mol. The molecule has 0 saturated heterocycles. The standard InChI is InChI=1S/C20H36O2/c1-6-7-8-9-10-11-12-20(21)22-16-15-19(5)18(4)14-13-17(2)3/h13,15,18H,6-12,14,16H2,1-5H3/b19-15+/t18-/m0/s1. The van der Waals surface area contributed by atoms with Crippen LogP contribution < -0.4 is 0 Å². The van der Waals surface area contributed by atoms with E-state index < -0.39 is 0 Å². The summed E-state index contributed by atoms with van der Waals surface area (Å²) in [5.41, 5.74) is 2.65. The van der Waals surface area contributed by atoms with Crippen molar-refractivity contribution < 1.29 is 9.53 Å². The maximum Gasteiger partial charge on any atom is 0.306 e. The van der Waals surface area contributed by atoms with Crippen molar-refractivity contribution in [3.05, 3.63) is 23.3 Å². The predicted molar refractivity (Wildman–Crippen MR) is 95.9 cm³/mol. The van der Waals surface area contributed by atoms with Gasteiger partial charge >= 0.3 is 5.97 Å². The first-order valence-electron chi connectivity index (χ1n) is 8.93. The molecule has 0 aromatic rings. The second-order valence-corrected chi connectivity index (χ2v) is 6.57. The van der Waals surface area contributed by atoms with Crippen LogP contribution in [0.2, 0.25) is 0 Å². The quantitative estimate of drug-likeness (QED) is 0.243. The third-order valence-electron chi connectivity index (χ3n) is 4.04. The number of hydrogen-bond acceptors (Lipinski definition) is 2.